The van der Waals surface area contributed by atoms with Crippen LogP contribution in [0.3, 0.4) is 0 Å². The second-order valence-corrected chi connectivity index (χ2v) is 4.23. The molecule has 0 spiro atoms. The normalized spacial score (nSPS) is 12.8. The van der Waals surface area contributed by atoms with Crippen LogP contribution in [-0.2, 0) is 0 Å². The fourth-order valence-electron chi connectivity index (χ4n) is 1.93. The van der Waals surface area contributed by atoms with Crippen LogP contribution in [0.15, 0.2) is 48.9 Å². The second-order valence-electron chi connectivity index (χ2n) is 4.23. The van der Waals surface area contributed by atoms with Gasteiger partial charge in [0, 0.05) is 6.20 Å². The maximum Gasteiger partial charge on any atom is 0.138 e. The number of aliphatic hydroxyl groups excluding tert-OH is 1. The van der Waals surface area contributed by atoms with Gasteiger partial charge in [0.15, 0.2) is 0 Å². The van der Waals surface area contributed by atoms with Crippen molar-refractivity contribution >= 4 is 11.0 Å². The molecule has 4 heteroatoms. The molecule has 4 nitrogen and oxygen atoms in total. The Kier molecular flexibility index (Phi) is 2.57. The first kappa shape index (κ1) is 10.9. The molecule has 18 heavy (non-hydrogen) atoms. The van der Waals surface area contributed by atoms with E-state index >= 15 is 0 Å². The average molecular weight is 239 g/mol. The molecular formula is C14H13N3O. The Hall–Kier alpha value is -2.20. The van der Waals surface area contributed by atoms with Crippen molar-refractivity contribution in [2.45, 2.75) is 13.0 Å². The van der Waals surface area contributed by atoms with Crippen LogP contribution in [0.25, 0.3) is 16.9 Å². The second kappa shape index (κ2) is 4.23. The molecule has 2 heterocycles. The lowest BCUT2D eigenvalue weighted by Crippen LogP contribution is -1.98. The summed E-state index contributed by atoms with van der Waals surface area (Å²) in [5.41, 5.74) is 2.77. The fraction of sp³-hybridized carbons (Fsp3) is 0.143. The third kappa shape index (κ3) is 1.76. The molecule has 0 aliphatic carbocycles. The van der Waals surface area contributed by atoms with Gasteiger partial charge in [-0.15, -0.1) is 0 Å². The predicted octanol–water partition coefficient (Wildman–Crippen LogP) is 2.47. The molecule has 1 N–H and O–H groups in total. The van der Waals surface area contributed by atoms with E-state index in [4.69, 9.17) is 0 Å². The molecule has 3 aromatic rings. The van der Waals surface area contributed by atoms with Crippen LogP contribution < -0.4 is 0 Å². The first-order valence-corrected chi connectivity index (χ1v) is 5.82. The van der Waals surface area contributed by atoms with Gasteiger partial charge in [0.1, 0.15) is 12.1 Å². The van der Waals surface area contributed by atoms with Gasteiger partial charge in [0.25, 0.3) is 0 Å². The topological polar surface area (TPSA) is 50.9 Å². The minimum atomic E-state index is -0.494. The van der Waals surface area contributed by atoms with Crippen molar-refractivity contribution in [3.05, 3.63) is 54.5 Å². The van der Waals surface area contributed by atoms with Crippen molar-refractivity contribution in [3.63, 3.8) is 0 Å². The number of hydrogen-bond acceptors (Lipinski definition) is 3. The summed E-state index contributed by atoms with van der Waals surface area (Å²) in [6.07, 6.45) is 2.95. The summed E-state index contributed by atoms with van der Waals surface area (Å²) in [6.45, 7) is 1.73. The van der Waals surface area contributed by atoms with Crippen LogP contribution in [-0.4, -0.2) is 19.6 Å². The van der Waals surface area contributed by atoms with Gasteiger partial charge in [-0.05, 0) is 30.7 Å². The highest BCUT2D eigenvalue weighted by Gasteiger charge is 2.06. The Morgan fingerprint density at radius 3 is 2.67 bits per heavy atom. The molecule has 90 valence electrons. The smallest absolute Gasteiger partial charge is 0.138 e. The minimum absolute atomic E-state index is 0.494. The number of imidazole rings is 1. The third-order valence-corrected chi connectivity index (χ3v) is 2.95. The molecule has 3 rings (SSSR count). The van der Waals surface area contributed by atoms with E-state index in [1.165, 1.54) is 0 Å². The highest BCUT2D eigenvalue weighted by atomic mass is 16.3. The molecule has 0 saturated heterocycles. The molecule has 0 amide bonds. The van der Waals surface area contributed by atoms with Crippen molar-refractivity contribution in [3.8, 4) is 5.82 Å². The Balaban J connectivity index is 2.09. The molecular weight excluding hydrogens is 226 g/mol. The van der Waals surface area contributed by atoms with Gasteiger partial charge in [0.05, 0.1) is 17.1 Å². The maximum atomic E-state index is 9.46. The Morgan fingerprint density at radius 1 is 1.11 bits per heavy atom. The van der Waals surface area contributed by atoms with Crippen molar-refractivity contribution in [2.24, 2.45) is 0 Å². The van der Waals surface area contributed by atoms with Gasteiger partial charge in [-0.1, -0.05) is 18.2 Å². The van der Waals surface area contributed by atoms with Gasteiger partial charge in [0.2, 0.25) is 0 Å². The molecule has 0 aliphatic rings. The molecule has 0 bridgehead atoms. The summed E-state index contributed by atoms with van der Waals surface area (Å²) in [4.78, 5) is 8.68. The van der Waals surface area contributed by atoms with Gasteiger partial charge < -0.3 is 5.11 Å². The summed E-state index contributed by atoms with van der Waals surface area (Å²) in [6, 6.07) is 11.7. The monoisotopic (exact) mass is 239 g/mol. The largest absolute Gasteiger partial charge is 0.389 e. The van der Waals surface area contributed by atoms with E-state index in [1.54, 1.807) is 19.4 Å². The first-order chi connectivity index (χ1) is 8.75. The summed E-state index contributed by atoms with van der Waals surface area (Å²) >= 11 is 0. The number of nitrogens with zero attached hydrogens (tertiary/aromatic N) is 3. The fourth-order valence-corrected chi connectivity index (χ4v) is 1.93. The van der Waals surface area contributed by atoms with Gasteiger partial charge in [-0.25, -0.2) is 9.97 Å². The van der Waals surface area contributed by atoms with Crippen LogP contribution in [0.5, 0.6) is 0 Å². The summed E-state index contributed by atoms with van der Waals surface area (Å²) in [5, 5.41) is 9.46. The van der Waals surface area contributed by atoms with E-state index in [0.717, 1.165) is 22.4 Å². The lowest BCUT2D eigenvalue weighted by molar-refractivity contribution is 0.199. The standard InChI is InChI=1S/C14H13N3O/c1-10(18)11-6-7-14(15-8-11)17-9-16-12-4-2-3-5-13(12)17/h2-10,18H,1H3/t10-/m0/s1. The number of aromatic nitrogens is 3. The Morgan fingerprint density at radius 2 is 1.94 bits per heavy atom. The van der Waals surface area contributed by atoms with Crippen molar-refractivity contribution in [2.75, 3.05) is 0 Å². The number of aliphatic hydroxyl groups is 1. The van der Waals surface area contributed by atoms with E-state index in [9.17, 15) is 5.11 Å². The third-order valence-electron chi connectivity index (χ3n) is 2.95. The van der Waals surface area contributed by atoms with E-state index in [-0.39, 0.29) is 0 Å². The lowest BCUT2D eigenvalue weighted by Gasteiger charge is -2.06. The highest BCUT2D eigenvalue weighted by Crippen LogP contribution is 2.17. The van der Waals surface area contributed by atoms with Crippen LogP contribution in [0, 0.1) is 0 Å². The van der Waals surface area contributed by atoms with Gasteiger partial charge >= 0.3 is 0 Å². The molecule has 0 unspecified atom stereocenters. The molecule has 0 fully saturated rings. The molecule has 1 atom stereocenters. The average Bonchev–Trinajstić information content (AvgIpc) is 2.82. The summed E-state index contributed by atoms with van der Waals surface area (Å²) < 4.78 is 1.93. The van der Waals surface area contributed by atoms with E-state index in [1.807, 2.05) is 41.0 Å². The SMILES string of the molecule is C[C@H](O)c1ccc(-n2cnc3ccccc32)nc1. The van der Waals surface area contributed by atoms with E-state index < -0.39 is 6.10 Å². The zero-order chi connectivity index (χ0) is 12.5. The van der Waals surface area contributed by atoms with Crippen molar-refractivity contribution < 1.29 is 5.11 Å². The number of rotatable bonds is 2. The molecule has 0 radical (unpaired) electrons. The Labute approximate surface area is 105 Å². The zero-order valence-corrected chi connectivity index (χ0v) is 9.99. The summed E-state index contributed by atoms with van der Waals surface area (Å²) in [5.74, 6) is 0.799. The number of para-hydroxylation sites is 2. The Bertz CT molecular complexity index is 671. The van der Waals surface area contributed by atoms with E-state index in [0.29, 0.717) is 0 Å². The highest BCUT2D eigenvalue weighted by molar-refractivity contribution is 5.76. The quantitative estimate of drug-likeness (QED) is 0.747. The van der Waals surface area contributed by atoms with Crippen molar-refractivity contribution in [1.29, 1.82) is 0 Å². The van der Waals surface area contributed by atoms with Crippen LogP contribution in [0.2, 0.25) is 0 Å². The number of benzene rings is 1. The molecule has 0 aliphatic heterocycles. The van der Waals surface area contributed by atoms with Crippen molar-refractivity contribution in [1.82, 2.24) is 14.5 Å². The predicted molar refractivity (Wildman–Crippen MR) is 69.5 cm³/mol. The van der Waals surface area contributed by atoms with Gasteiger partial charge in [-0.2, -0.15) is 0 Å². The van der Waals surface area contributed by atoms with Crippen LogP contribution in [0.1, 0.15) is 18.6 Å². The number of pyridine rings is 1. The first-order valence-electron chi connectivity index (χ1n) is 5.82. The number of fused-ring (bicyclic) bond motifs is 1. The molecule has 0 saturated carbocycles. The zero-order valence-electron chi connectivity index (χ0n) is 9.99. The molecule has 1 aromatic carbocycles. The van der Waals surface area contributed by atoms with Gasteiger partial charge in [-0.3, -0.25) is 4.57 Å². The lowest BCUT2D eigenvalue weighted by atomic mass is 10.2. The minimum Gasteiger partial charge on any atom is -0.389 e. The van der Waals surface area contributed by atoms with Crippen LogP contribution in [0.4, 0.5) is 0 Å². The molecule has 2 aromatic heterocycles. The summed E-state index contributed by atoms with van der Waals surface area (Å²) in [7, 11) is 0. The van der Waals surface area contributed by atoms with Crippen LogP contribution >= 0.6 is 0 Å². The van der Waals surface area contributed by atoms with E-state index in [2.05, 4.69) is 9.97 Å². The maximum absolute atomic E-state index is 9.46. The number of hydrogen-bond donors (Lipinski definition) is 1.